The number of carboxylic acid groups (broad SMARTS) is 1. The number of hydrogen-bond acceptors (Lipinski definition) is 2. The fourth-order valence-corrected chi connectivity index (χ4v) is 2.40. The number of aryl methyl sites for hydroxylation is 1. The topological polar surface area (TPSA) is 55.1 Å². The Labute approximate surface area is 116 Å². The molecule has 100 valence electrons. The van der Waals surface area contributed by atoms with Crippen LogP contribution in [0.3, 0.4) is 0 Å². The van der Waals surface area contributed by atoms with Gasteiger partial charge in [0.25, 0.3) is 0 Å². The van der Waals surface area contributed by atoms with Crippen molar-refractivity contribution in [1.82, 2.24) is 9.78 Å². The van der Waals surface area contributed by atoms with Crippen molar-refractivity contribution in [1.29, 1.82) is 0 Å². The zero-order valence-corrected chi connectivity index (χ0v) is 11.1. The first-order chi connectivity index (χ1) is 9.65. The molecule has 0 saturated heterocycles. The van der Waals surface area contributed by atoms with Crippen LogP contribution in [0.5, 0.6) is 0 Å². The maximum Gasteiger partial charge on any atom is 0.336 e. The second kappa shape index (κ2) is 4.81. The number of fused-ring (bicyclic) bond motifs is 1. The van der Waals surface area contributed by atoms with E-state index in [1.807, 2.05) is 35.9 Å². The SMILES string of the molecule is Cc1cccc(Cn2ncc3c(C(=O)O)cccc32)c1. The van der Waals surface area contributed by atoms with E-state index < -0.39 is 5.97 Å². The fraction of sp³-hybridized carbons (Fsp3) is 0.125. The largest absolute Gasteiger partial charge is 0.478 e. The van der Waals surface area contributed by atoms with E-state index in [9.17, 15) is 9.90 Å². The average Bonchev–Trinajstić information content (AvgIpc) is 2.82. The van der Waals surface area contributed by atoms with Crippen molar-refractivity contribution in [2.45, 2.75) is 13.5 Å². The molecule has 3 rings (SSSR count). The molecule has 0 aliphatic rings. The van der Waals surface area contributed by atoms with Gasteiger partial charge in [0.1, 0.15) is 0 Å². The molecule has 0 spiro atoms. The summed E-state index contributed by atoms with van der Waals surface area (Å²) in [6, 6.07) is 13.5. The summed E-state index contributed by atoms with van der Waals surface area (Å²) in [6.07, 6.45) is 1.62. The van der Waals surface area contributed by atoms with Crippen LogP contribution in [0, 0.1) is 6.92 Å². The first kappa shape index (κ1) is 12.4. The van der Waals surface area contributed by atoms with Gasteiger partial charge in [0.2, 0.25) is 0 Å². The minimum absolute atomic E-state index is 0.290. The number of hydrogen-bond donors (Lipinski definition) is 1. The molecule has 0 amide bonds. The lowest BCUT2D eigenvalue weighted by atomic mass is 10.1. The Kier molecular flexibility index (Phi) is 2.99. The van der Waals surface area contributed by atoms with Crippen LogP contribution < -0.4 is 0 Å². The second-order valence-electron chi connectivity index (χ2n) is 4.83. The number of carbonyl (C=O) groups is 1. The zero-order chi connectivity index (χ0) is 14.1. The highest BCUT2D eigenvalue weighted by molar-refractivity contribution is 6.02. The van der Waals surface area contributed by atoms with Crippen molar-refractivity contribution in [3.63, 3.8) is 0 Å². The molecule has 4 heteroatoms. The molecule has 2 aromatic carbocycles. The molecule has 20 heavy (non-hydrogen) atoms. The van der Waals surface area contributed by atoms with Gasteiger partial charge in [0.15, 0.2) is 0 Å². The molecule has 0 atom stereocenters. The van der Waals surface area contributed by atoms with Crippen molar-refractivity contribution in [2.75, 3.05) is 0 Å². The van der Waals surface area contributed by atoms with Crippen LogP contribution in [0.15, 0.2) is 48.7 Å². The van der Waals surface area contributed by atoms with Gasteiger partial charge in [-0.1, -0.05) is 35.9 Å². The van der Waals surface area contributed by atoms with Gasteiger partial charge < -0.3 is 5.11 Å². The Morgan fingerprint density at radius 2 is 2.05 bits per heavy atom. The minimum atomic E-state index is -0.925. The van der Waals surface area contributed by atoms with E-state index in [2.05, 4.69) is 11.2 Å². The van der Waals surface area contributed by atoms with Crippen LogP contribution in [0.25, 0.3) is 10.9 Å². The summed E-state index contributed by atoms with van der Waals surface area (Å²) < 4.78 is 1.83. The van der Waals surface area contributed by atoms with Gasteiger partial charge >= 0.3 is 5.97 Å². The van der Waals surface area contributed by atoms with E-state index in [0.717, 1.165) is 11.1 Å². The van der Waals surface area contributed by atoms with Gasteiger partial charge in [-0.05, 0) is 24.6 Å². The van der Waals surface area contributed by atoms with Gasteiger partial charge in [-0.15, -0.1) is 0 Å². The zero-order valence-electron chi connectivity index (χ0n) is 11.1. The molecule has 1 heterocycles. The first-order valence-electron chi connectivity index (χ1n) is 6.38. The van der Waals surface area contributed by atoms with Crippen LogP contribution >= 0.6 is 0 Å². The number of aromatic nitrogens is 2. The van der Waals surface area contributed by atoms with E-state index in [0.29, 0.717) is 11.9 Å². The quantitative estimate of drug-likeness (QED) is 0.792. The normalized spacial score (nSPS) is 10.8. The molecule has 0 unspecified atom stereocenters. The monoisotopic (exact) mass is 266 g/mol. The molecule has 4 nitrogen and oxygen atoms in total. The highest BCUT2D eigenvalue weighted by Crippen LogP contribution is 2.19. The summed E-state index contributed by atoms with van der Waals surface area (Å²) in [5.74, 6) is -0.925. The number of benzene rings is 2. The minimum Gasteiger partial charge on any atom is -0.478 e. The smallest absolute Gasteiger partial charge is 0.336 e. The van der Waals surface area contributed by atoms with Gasteiger partial charge in [-0.2, -0.15) is 5.10 Å². The Balaban J connectivity index is 2.05. The molecular formula is C16H14N2O2. The Morgan fingerprint density at radius 3 is 2.80 bits per heavy atom. The lowest BCUT2D eigenvalue weighted by Crippen LogP contribution is -2.02. The van der Waals surface area contributed by atoms with E-state index in [1.54, 1.807) is 18.3 Å². The molecule has 1 N–H and O–H groups in total. The summed E-state index contributed by atoms with van der Waals surface area (Å²) in [5, 5.41) is 14.2. The number of rotatable bonds is 3. The highest BCUT2D eigenvalue weighted by atomic mass is 16.4. The van der Waals surface area contributed by atoms with Crippen LogP contribution in [-0.4, -0.2) is 20.9 Å². The Hall–Kier alpha value is -2.62. The lowest BCUT2D eigenvalue weighted by Gasteiger charge is -2.05. The van der Waals surface area contributed by atoms with Gasteiger partial charge in [0.05, 0.1) is 23.8 Å². The summed E-state index contributed by atoms with van der Waals surface area (Å²) in [6.45, 7) is 2.68. The molecule has 1 aromatic heterocycles. The highest BCUT2D eigenvalue weighted by Gasteiger charge is 2.11. The Bertz CT molecular complexity index is 790. The summed E-state index contributed by atoms with van der Waals surface area (Å²) in [5.41, 5.74) is 3.48. The second-order valence-corrected chi connectivity index (χ2v) is 4.83. The molecule has 0 radical (unpaired) electrons. The van der Waals surface area contributed by atoms with Crippen LogP contribution in [-0.2, 0) is 6.54 Å². The van der Waals surface area contributed by atoms with Crippen LogP contribution in [0.4, 0.5) is 0 Å². The molecule has 0 bridgehead atoms. The van der Waals surface area contributed by atoms with Crippen molar-refractivity contribution >= 4 is 16.9 Å². The molecule has 0 saturated carbocycles. The standard InChI is InChI=1S/C16H14N2O2/c1-11-4-2-5-12(8-11)10-18-15-7-3-6-13(16(19)20)14(15)9-17-18/h2-9H,10H2,1H3,(H,19,20). The van der Waals surface area contributed by atoms with Crippen LogP contribution in [0.1, 0.15) is 21.5 Å². The van der Waals surface area contributed by atoms with E-state index >= 15 is 0 Å². The summed E-state index contributed by atoms with van der Waals surface area (Å²) in [4.78, 5) is 11.2. The number of carboxylic acids is 1. The van der Waals surface area contributed by atoms with Crippen molar-refractivity contribution in [2.24, 2.45) is 0 Å². The predicted molar refractivity (Wildman–Crippen MR) is 77.0 cm³/mol. The van der Waals surface area contributed by atoms with Crippen molar-refractivity contribution in [3.8, 4) is 0 Å². The van der Waals surface area contributed by atoms with E-state index in [4.69, 9.17) is 0 Å². The average molecular weight is 266 g/mol. The summed E-state index contributed by atoms with van der Waals surface area (Å²) in [7, 11) is 0. The van der Waals surface area contributed by atoms with Gasteiger partial charge in [0, 0.05) is 5.39 Å². The van der Waals surface area contributed by atoms with E-state index in [1.165, 1.54) is 5.56 Å². The lowest BCUT2D eigenvalue weighted by molar-refractivity contribution is 0.0699. The first-order valence-corrected chi connectivity index (χ1v) is 6.38. The Morgan fingerprint density at radius 1 is 1.25 bits per heavy atom. The van der Waals surface area contributed by atoms with Crippen molar-refractivity contribution in [3.05, 3.63) is 65.4 Å². The summed E-state index contributed by atoms with van der Waals surface area (Å²) >= 11 is 0. The third-order valence-corrected chi connectivity index (χ3v) is 3.33. The number of nitrogens with zero attached hydrogens (tertiary/aromatic N) is 2. The van der Waals surface area contributed by atoms with Gasteiger partial charge in [-0.25, -0.2) is 4.79 Å². The maximum atomic E-state index is 11.2. The van der Waals surface area contributed by atoms with Crippen LogP contribution in [0.2, 0.25) is 0 Å². The van der Waals surface area contributed by atoms with Crippen molar-refractivity contribution < 1.29 is 9.90 Å². The third kappa shape index (κ3) is 2.16. The third-order valence-electron chi connectivity index (χ3n) is 3.33. The molecular weight excluding hydrogens is 252 g/mol. The van der Waals surface area contributed by atoms with Gasteiger partial charge in [-0.3, -0.25) is 4.68 Å². The molecule has 3 aromatic rings. The molecule has 0 fully saturated rings. The van der Waals surface area contributed by atoms with E-state index in [-0.39, 0.29) is 5.56 Å². The molecule has 0 aliphatic carbocycles. The maximum absolute atomic E-state index is 11.2. The number of aromatic carboxylic acids is 1. The molecule has 0 aliphatic heterocycles. The fourth-order valence-electron chi connectivity index (χ4n) is 2.40. The predicted octanol–water partition coefficient (Wildman–Crippen LogP) is 3.09.